The van der Waals surface area contributed by atoms with Gasteiger partial charge in [0.15, 0.2) is 5.82 Å². The Labute approximate surface area is 171 Å². The summed E-state index contributed by atoms with van der Waals surface area (Å²) in [6, 6.07) is 7.01. The second kappa shape index (κ2) is 7.72. The van der Waals surface area contributed by atoms with Crippen LogP contribution in [-0.2, 0) is 23.0 Å². The lowest BCUT2D eigenvalue weighted by atomic mass is 10.1. The van der Waals surface area contributed by atoms with Gasteiger partial charge in [-0.15, -0.1) is 10.2 Å². The van der Waals surface area contributed by atoms with E-state index < -0.39 is 26.6 Å². The lowest BCUT2D eigenvalue weighted by molar-refractivity contribution is 0.570. The van der Waals surface area contributed by atoms with Crippen LogP contribution in [0.4, 0.5) is 14.5 Å². The van der Waals surface area contributed by atoms with Crippen LogP contribution in [0.2, 0.25) is 5.02 Å². The minimum absolute atomic E-state index is 0.0815. The van der Waals surface area contributed by atoms with E-state index >= 15 is 0 Å². The standard InChI is InChI=1S/C19H17ClF2N4O2S/c20-12-5-8-17(16(22)10-12)29(27,28)25-13-6-7-15(21)14(11-13)19-24-23-18-4-2-1-3-9-26(18)19/h5-8,10-11,25H,1-4,9H2. The van der Waals surface area contributed by atoms with Crippen LogP contribution in [0.25, 0.3) is 11.4 Å². The second-order valence-electron chi connectivity index (χ2n) is 6.78. The number of rotatable bonds is 4. The van der Waals surface area contributed by atoms with Gasteiger partial charge in [-0.05, 0) is 49.2 Å². The molecular weight excluding hydrogens is 422 g/mol. The van der Waals surface area contributed by atoms with Crippen molar-refractivity contribution in [3.63, 3.8) is 0 Å². The van der Waals surface area contributed by atoms with Crippen molar-refractivity contribution in [2.24, 2.45) is 0 Å². The fourth-order valence-corrected chi connectivity index (χ4v) is 4.62. The number of aromatic nitrogens is 3. The average molecular weight is 439 g/mol. The Bertz CT molecular complexity index is 1180. The first-order chi connectivity index (χ1) is 13.8. The topological polar surface area (TPSA) is 76.9 Å². The van der Waals surface area contributed by atoms with Gasteiger partial charge in [0.2, 0.25) is 0 Å². The zero-order valence-electron chi connectivity index (χ0n) is 15.2. The molecule has 1 N–H and O–H groups in total. The minimum Gasteiger partial charge on any atom is -0.311 e. The van der Waals surface area contributed by atoms with Crippen LogP contribution in [0.15, 0.2) is 41.3 Å². The summed E-state index contributed by atoms with van der Waals surface area (Å²) < 4.78 is 57.9. The fourth-order valence-electron chi connectivity index (χ4n) is 3.35. The molecule has 0 saturated carbocycles. The molecule has 2 heterocycles. The SMILES string of the molecule is O=S(=O)(Nc1ccc(F)c(-c2nnc3n2CCCCC3)c1)c1ccc(Cl)cc1F. The van der Waals surface area contributed by atoms with Crippen LogP contribution in [-0.4, -0.2) is 23.2 Å². The summed E-state index contributed by atoms with van der Waals surface area (Å²) in [5, 5.41) is 8.34. The first-order valence-electron chi connectivity index (χ1n) is 9.05. The van der Waals surface area contributed by atoms with Crippen LogP contribution in [0.1, 0.15) is 25.1 Å². The molecule has 0 amide bonds. The van der Waals surface area contributed by atoms with Gasteiger partial charge in [-0.25, -0.2) is 17.2 Å². The molecule has 29 heavy (non-hydrogen) atoms. The highest BCUT2D eigenvalue weighted by molar-refractivity contribution is 7.92. The third kappa shape index (κ3) is 3.97. The van der Waals surface area contributed by atoms with Crippen molar-refractivity contribution >= 4 is 27.3 Å². The Hall–Kier alpha value is -2.52. The fraction of sp³-hybridized carbons (Fsp3) is 0.263. The molecule has 0 radical (unpaired) electrons. The summed E-state index contributed by atoms with van der Waals surface area (Å²) in [7, 11) is -4.23. The highest BCUT2D eigenvalue weighted by atomic mass is 35.5. The van der Waals surface area contributed by atoms with Crippen LogP contribution in [0, 0.1) is 11.6 Å². The summed E-state index contributed by atoms with van der Waals surface area (Å²) >= 11 is 5.68. The maximum atomic E-state index is 14.5. The number of fused-ring (bicyclic) bond motifs is 1. The molecule has 2 aromatic carbocycles. The molecule has 0 fully saturated rings. The number of aryl methyl sites for hydroxylation is 1. The molecule has 1 aliphatic heterocycles. The maximum Gasteiger partial charge on any atom is 0.264 e. The van der Waals surface area contributed by atoms with E-state index in [4.69, 9.17) is 11.6 Å². The summed E-state index contributed by atoms with van der Waals surface area (Å²) in [4.78, 5) is -0.552. The van der Waals surface area contributed by atoms with Gasteiger partial charge in [0.1, 0.15) is 22.4 Å². The number of hydrogen-bond donors (Lipinski definition) is 1. The molecule has 0 spiro atoms. The highest BCUT2D eigenvalue weighted by Crippen LogP contribution is 2.29. The van der Waals surface area contributed by atoms with Gasteiger partial charge in [0, 0.05) is 23.7 Å². The summed E-state index contributed by atoms with van der Waals surface area (Å²) in [5.41, 5.74) is 0.212. The Morgan fingerprint density at radius 3 is 2.62 bits per heavy atom. The molecule has 4 rings (SSSR count). The molecule has 10 heteroatoms. The summed E-state index contributed by atoms with van der Waals surface area (Å²) in [6.07, 6.45) is 3.74. The monoisotopic (exact) mass is 438 g/mol. The third-order valence-corrected chi connectivity index (χ3v) is 6.40. The molecule has 3 aromatic rings. The van der Waals surface area contributed by atoms with Gasteiger partial charge in [-0.3, -0.25) is 4.72 Å². The lowest BCUT2D eigenvalue weighted by Crippen LogP contribution is -2.15. The largest absolute Gasteiger partial charge is 0.311 e. The molecule has 0 aliphatic carbocycles. The Kier molecular flexibility index (Phi) is 5.26. The number of anilines is 1. The van der Waals surface area contributed by atoms with Gasteiger partial charge in [-0.2, -0.15) is 0 Å². The van der Waals surface area contributed by atoms with E-state index in [1.165, 1.54) is 18.2 Å². The van der Waals surface area contributed by atoms with E-state index in [1.807, 2.05) is 4.57 Å². The zero-order valence-corrected chi connectivity index (χ0v) is 16.8. The van der Waals surface area contributed by atoms with Gasteiger partial charge >= 0.3 is 0 Å². The van der Waals surface area contributed by atoms with Crippen molar-refractivity contribution < 1.29 is 17.2 Å². The molecule has 1 aliphatic rings. The number of nitrogens with one attached hydrogen (secondary N) is 1. The van der Waals surface area contributed by atoms with Gasteiger partial charge in [-0.1, -0.05) is 18.0 Å². The van der Waals surface area contributed by atoms with Crippen molar-refractivity contribution in [3.8, 4) is 11.4 Å². The molecule has 0 unspecified atom stereocenters. The van der Waals surface area contributed by atoms with E-state index in [1.54, 1.807) is 0 Å². The molecule has 0 atom stereocenters. The summed E-state index contributed by atoms with van der Waals surface area (Å²) in [6.45, 7) is 0.670. The molecule has 0 bridgehead atoms. The van der Waals surface area contributed by atoms with E-state index in [0.717, 1.165) is 49.7 Å². The van der Waals surface area contributed by atoms with Crippen molar-refractivity contribution in [2.45, 2.75) is 37.1 Å². The Morgan fingerprint density at radius 2 is 1.83 bits per heavy atom. The summed E-state index contributed by atoms with van der Waals surface area (Å²) in [5.74, 6) is -0.399. The van der Waals surface area contributed by atoms with Gasteiger partial charge < -0.3 is 4.57 Å². The molecular formula is C19H17ClF2N4O2S. The molecule has 152 valence electrons. The van der Waals surface area contributed by atoms with E-state index in [0.29, 0.717) is 12.4 Å². The van der Waals surface area contributed by atoms with Crippen molar-refractivity contribution in [1.29, 1.82) is 0 Å². The normalized spacial score (nSPS) is 14.3. The molecule has 6 nitrogen and oxygen atoms in total. The number of halogens is 3. The zero-order chi connectivity index (χ0) is 20.6. The second-order valence-corrected chi connectivity index (χ2v) is 8.86. The van der Waals surface area contributed by atoms with E-state index in [2.05, 4.69) is 14.9 Å². The van der Waals surface area contributed by atoms with Crippen molar-refractivity contribution in [3.05, 3.63) is 58.9 Å². The number of sulfonamides is 1. The quantitative estimate of drug-likeness (QED) is 0.654. The first kappa shape index (κ1) is 19.8. The molecule has 1 aromatic heterocycles. The lowest BCUT2D eigenvalue weighted by Gasteiger charge is -2.12. The third-order valence-electron chi connectivity index (χ3n) is 4.75. The van der Waals surface area contributed by atoms with Gasteiger partial charge in [0.25, 0.3) is 10.0 Å². The van der Waals surface area contributed by atoms with Crippen molar-refractivity contribution in [2.75, 3.05) is 4.72 Å². The van der Waals surface area contributed by atoms with E-state index in [9.17, 15) is 17.2 Å². The van der Waals surface area contributed by atoms with Crippen LogP contribution in [0.5, 0.6) is 0 Å². The first-order valence-corrected chi connectivity index (χ1v) is 10.9. The minimum atomic E-state index is -4.23. The van der Waals surface area contributed by atoms with Crippen molar-refractivity contribution in [1.82, 2.24) is 14.8 Å². The average Bonchev–Trinajstić information content (AvgIpc) is 2.90. The highest BCUT2D eigenvalue weighted by Gasteiger charge is 2.22. The Morgan fingerprint density at radius 1 is 1.00 bits per heavy atom. The number of benzene rings is 2. The van der Waals surface area contributed by atoms with Gasteiger partial charge in [0.05, 0.1) is 5.56 Å². The predicted octanol–water partition coefficient (Wildman–Crippen LogP) is 4.40. The van der Waals surface area contributed by atoms with Crippen LogP contribution >= 0.6 is 11.6 Å². The molecule has 0 saturated heterocycles. The Balaban J connectivity index is 1.70. The number of nitrogens with zero attached hydrogens (tertiary/aromatic N) is 3. The van der Waals surface area contributed by atoms with E-state index in [-0.39, 0.29) is 16.3 Å². The maximum absolute atomic E-state index is 14.5. The van der Waals surface area contributed by atoms with Crippen LogP contribution in [0.3, 0.4) is 0 Å². The smallest absolute Gasteiger partial charge is 0.264 e. The number of hydrogen-bond acceptors (Lipinski definition) is 4. The predicted molar refractivity (Wildman–Crippen MR) is 105 cm³/mol. The van der Waals surface area contributed by atoms with Crippen LogP contribution < -0.4 is 4.72 Å².